The molecule has 2 rings (SSSR count). The van der Waals surface area contributed by atoms with Gasteiger partial charge in [-0.15, -0.1) is 0 Å². The van der Waals surface area contributed by atoms with Crippen LogP contribution in [0.4, 0.5) is 5.69 Å². The third-order valence-corrected chi connectivity index (χ3v) is 5.23. The van der Waals surface area contributed by atoms with E-state index in [-0.39, 0.29) is 18.0 Å². The van der Waals surface area contributed by atoms with Gasteiger partial charge in [-0.3, -0.25) is 10.1 Å². The molecule has 0 atom stereocenters. The van der Waals surface area contributed by atoms with Gasteiger partial charge in [-0.1, -0.05) is 13.3 Å². The Morgan fingerprint density at radius 2 is 2.05 bits per heavy atom. The number of rotatable bonds is 5. The van der Waals surface area contributed by atoms with E-state index in [0.29, 0.717) is 6.42 Å². The van der Waals surface area contributed by atoms with Gasteiger partial charge in [0.05, 0.1) is 15.4 Å². The molecule has 0 aromatic heterocycles. The van der Waals surface area contributed by atoms with Gasteiger partial charge in [-0.25, -0.2) is 8.42 Å². The predicted molar refractivity (Wildman–Crippen MR) is 73.4 cm³/mol. The zero-order valence-electron chi connectivity index (χ0n) is 11.4. The van der Waals surface area contributed by atoms with Crippen LogP contribution in [0.25, 0.3) is 0 Å². The van der Waals surface area contributed by atoms with Crippen LogP contribution >= 0.6 is 0 Å². The molecular weight excluding hydrogens is 300 g/mol. The summed E-state index contributed by atoms with van der Waals surface area (Å²) in [5.74, 6) is -0.593. The van der Waals surface area contributed by atoms with Crippen LogP contribution in [0.15, 0.2) is 23.1 Å². The summed E-state index contributed by atoms with van der Waals surface area (Å²) in [5.41, 5.74) is -1.69. The van der Waals surface area contributed by atoms with Crippen LogP contribution in [0, 0.1) is 10.1 Å². The monoisotopic (exact) mass is 316 g/mol. The van der Waals surface area contributed by atoms with Gasteiger partial charge in [0.1, 0.15) is 0 Å². The van der Waals surface area contributed by atoms with Gasteiger partial charge in [-0.2, -0.15) is 4.31 Å². The van der Waals surface area contributed by atoms with E-state index >= 15 is 0 Å². The second kappa shape index (κ2) is 5.24. The van der Waals surface area contributed by atoms with E-state index in [4.69, 9.17) is 0 Å². The van der Waals surface area contributed by atoms with E-state index in [1.165, 1.54) is 0 Å². The Labute approximate surface area is 121 Å². The zero-order valence-corrected chi connectivity index (χ0v) is 12.2. The highest BCUT2D eigenvalue weighted by molar-refractivity contribution is 7.89. The summed E-state index contributed by atoms with van der Waals surface area (Å²) < 4.78 is 25.7. The Hall–Kier alpha value is -1.71. The van der Waals surface area contributed by atoms with E-state index in [1.54, 1.807) is 0 Å². The molecule has 21 heavy (non-hydrogen) atoms. The average molecular weight is 316 g/mol. The number of nitrogens with zero attached hydrogens (tertiary/aromatic N) is 2. The number of phenolic OH excluding ortho intramolecular Hbond substituents is 1. The van der Waals surface area contributed by atoms with E-state index in [0.717, 1.165) is 28.9 Å². The molecule has 1 aromatic rings. The smallest absolute Gasteiger partial charge is 0.312 e. The molecule has 1 aliphatic rings. The normalized spacial score (nSPS) is 18.2. The lowest BCUT2D eigenvalue weighted by molar-refractivity contribution is -0.386. The Bertz CT molecular complexity index is 666. The third-order valence-electron chi connectivity index (χ3n) is 3.44. The Balaban J connectivity index is 2.26. The number of benzene rings is 1. The van der Waals surface area contributed by atoms with Gasteiger partial charge >= 0.3 is 5.69 Å². The second-order valence-electron chi connectivity index (χ2n) is 5.16. The van der Waals surface area contributed by atoms with Crippen molar-refractivity contribution in [2.24, 2.45) is 0 Å². The molecule has 0 saturated carbocycles. The minimum atomic E-state index is -3.91. The number of sulfonamides is 1. The molecule has 0 unspecified atom stereocenters. The molecule has 116 valence electrons. The maximum Gasteiger partial charge on any atom is 0.312 e. The second-order valence-corrected chi connectivity index (χ2v) is 7.09. The molecule has 1 aromatic carbocycles. The third kappa shape index (κ3) is 2.85. The quantitative estimate of drug-likeness (QED) is 0.613. The van der Waals surface area contributed by atoms with Crippen LogP contribution in [0.1, 0.15) is 19.8 Å². The van der Waals surface area contributed by atoms with Crippen molar-refractivity contribution in [3.8, 4) is 5.75 Å². The summed E-state index contributed by atoms with van der Waals surface area (Å²) in [5, 5.41) is 30.1. The summed E-state index contributed by atoms with van der Waals surface area (Å²) in [7, 11) is -3.91. The SMILES string of the molecule is CCCC1(O)CN(S(=O)(=O)c2ccc(O)c([N+](=O)[O-])c2)C1. The van der Waals surface area contributed by atoms with Crippen LogP contribution < -0.4 is 0 Å². The molecule has 0 radical (unpaired) electrons. The standard InChI is InChI=1S/C12H16N2O6S/c1-2-5-12(16)7-13(8-12)21(19,20)9-3-4-11(15)10(6-9)14(17)18/h3-4,6,15-16H,2,5,7-8H2,1H3. The largest absolute Gasteiger partial charge is 0.502 e. The van der Waals surface area contributed by atoms with Gasteiger partial charge in [0.2, 0.25) is 10.0 Å². The maximum absolute atomic E-state index is 12.3. The molecule has 1 fully saturated rings. The molecule has 1 heterocycles. The molecule has 0 amide bonds. The van der Waals surface area contributed by atoms with E-state index in [2.05, 4.69) is 0 Å². The number of aromatic hydroxyl groups is 1. The van der Waals surface area contributed by atoms with Crippen LogP contribution in [-0.2, 0) is 10.0 Å². The van der Waals surface area contributed by atoms with E-state index in [1.807, 2.05) is 6.92 Å². The minimum absolute atomic E-state index is 0.0299. The van der Waals surface area contributed by atoms with Crippen molar-refractivity contribution in [1.82, 2.24) is 4.31 Å². The summed E-state index contributed by atoms with van der Waals surface area (Å²) in [6.45, 7) is 1.83. The molecule has 1 aliphatic heterocycles. The number of nitro benzene ring substituents is 1. The molecule has 1 saturated heterocycles. The number of hydrogen-bond acceptors (Lipinski definition) is 6. The van der Waals surface area contributed by atoms with Crippen molar-refractivity contribution in [2.75, 3.05) is 13.1 Å². The van der Waals surface area contributed by atoms with Crippen molar-refractivity contribution in [3.05, 3.63) is 28.3 Å². The van der Waals surface area contributed by atoms with Gasteiger partial charge in [0.25, 0.3) is 0 Å². The summed E-state index contributed by atoms with van der Waals surface area (Å²) in [4.78, 5) is 9.62. The number of β-amino-alcohol motifs (C(OH)–C–C–N with tert-alkyl or cyclic N) is 1. The fourth-order valence-electron chi connectivity index (χ4n) is 2.36. The number of phenols is 1. The Kier molecular flexibility index (Phi) is 3.91. The molecule has 0 aliphatic carbocycles. The molecule has 0 bridgehead atoms. The zero-order chi connectivity index (χ0) is 15.8. The van der Waals surface area contributed by atoms with Crippen molar-refractivity contribution in [2.45, 2.75) is 30.3 Å². The van der Waals surface area contributed by atoms with Crippen molar-refractivity contribution < 1.29 is 23.6 Å². The van der Waals surface area contributed by atoms with Crippen molar-refractivity contribution in [3.63, 3.8) is 0 Å². The van der Waals surface area contributed by atoms with E-state index in [9.17, 15) is 28.7 Å². The highest BCUT2D eigenvalue weighted by Crippen LogP contribution is 2.34. The highest BCUT2D eigenvalue weighted by Gasteiger charge is 2.46. The molecule has 2 N–H and O–H groups in total. The summed E-state index contributed by atoms with van der Waals surface area (Å²) in [6, 6.07) is 2.90. The number of nitro groups is 1. The maximum atomic E-state index is 12.3. The van der Waals surface area contributed by atoms with Crippen LogP contribution in [0.5, 0.6) is 5.75 Å². The predicted octanol–water partition coefficient (Wildman–Crippen LogP) is 0.836. The van der Waals surface area contributed by atoms with Crippen LogP contribution in [0.3, 0.4) is 0 Å². The molecule has 9 heteroatoms. The lowest BCUT2D eigenvalue weighted by Gasteiger charge is -2.45. The van der Waals surface area contributed by atoms with Crippen LogP contribution in [0.2, 0.25) is 0 Å². The number of hydrogen-bond donors (Lipinski definition) is 2. The molecular formula is C12H16N2O6S. The van der Waals surface area contributed by atoms with Gasteiger partial charge in [0.15, 0.2) is 5.75 Å². The van der Waals surface area contributed by atoms with Crippen molar-refractivity contribution >= 4 is 15.7 Å². The van der Waals surface area contributed by atoms with Gasteiger partial charge in [0, 0.05) is 19.2 Å². The first-order chi connectivity index (χ1) is 9.69. The fraction of sp³-hybridized carbons (Fsp3) is 0.500. The summed E-state index contributed by atoms with van der Waals surface area (Å²) in [6.07, 6.45) is 1.23. The Morgan fingerprint density at radius 1 is 1.43 bits per heavy atom. The molecule has 0 spiro atoms. The van der Waals surface area contributed by atoms with E-state index < -0.39 is 32.0 Å². The lowest BCUT2D eigenvalue weighted by atomic mass is 9.92. The first kappa shape index (κ1) is 15.7. The highest BCUT2D eigenvalue weighted by atomic mass is 32.2. The summed E-state index contributed by atoms with van der Waals surface area (Å²) >= 11 is 0. The first-order valence-electron chi connectivity index (χ1n) is 6.39. The Morgan fingerprint density at radius 3 is 2.57 bits per heavy atom. The average Bonchev–Trinajstić information content (AvgIpc) is 2.36. The number of aliphatic hydroxyl groups is 1. The first-order valence-corrected chi connectivity index (χ1v) is 7.83. The van der Waals surface area contributed by atoms with Gasteiger partial charge in [-0.05, 0) is 18.6 Å². The van der Waals surface area contributed by atoms with Crippen LogP contribution in [-0.4, -0.2) is 46.5 Å². The fourth-order valence-corrected chi connectivity index (χ4v) is 3.98. The lowest BCUT2D eigenvalue weighted by Crippen LogP contribution is -2.63. The molecule has 8 nitrogen and oxygen atoms in total. The van der Waals surface area contributed by atoms with Crippen molar-refractivity contribution in [1.29, 1.82) is 0 Å². The topological polar surface area (TPSA) is 121 Å². The van der Waals surface area contributed by atoms with Gasteiger partial charge < -0.3 is 10.2 Å². The minimum Gasteiger partial charge on any atom is -0.502 e.